The first kappa shape index (κ1) is 12.6. The van der Waals surface area contributed by atoms with E-state index in [9.17, 15) is 8.60 Å². The molecule has 1 rings (SSSR count). The molecule has 2 nitrogen and oxygen atoms in total. The Balaban J connectivity index is 2.97. The van der Waals surface area contributed by atoms with Gasteiger partial charge in [-0.3, -0.25) is 4.21 Å². The molecule has 0 bridgehead atoms. The standard InChI is InChI=1S/C10H13ClFNOS/c1-6(13)7(2)15(14)8-3-4-10(12)9(11)5-8/h3-7H,13H2,1-2H3. The molecule has 0 saturated heterocycles. The van der Waals surface area contributed by atoms with Crippen LogP contribution in [0.5, 0.6) is 0 Å². The SMILES string of the molecule is CC(N)C(C)S(=O)c1ccc(F)c(Cl)c1. The molecule has 15 heavy (non-hydrogen) atoms. The maximum Gasteiger partial charge on any atom is 0.141 e. The molecule has 2 N–H and O–H groups in total. The summed E-state index contributed by atoms with van der Waals surface area (Å²) in [4.78, 5) is 0.506. The van der Waals surface area contributed by atoms with Gasteiger partial charge in [0.05, 0.1) is 21.1 Å². The van der Waals surface area contributed by atoms with Gasteiger partial charge in [-0.1, -0.05) is 11.6 Å². The fourth-order valence-electron chi connectivity index (χ4n) is 1.01. The van der Waals surface area contributed by atoms with Crippen molar-refractivity contribution in [2.24, 2.45) is 5.73 Å². The average Bonchev–Trinajstić information content (AvgIpc) is 2.19. The first-order valence-electron chi connectivity index (χ1n) is 4.54. The van der Waals surface area contributed by atoms with E-state index in [1.165, 1.54) is 18.2 Å². The van der Waals surface area contributed by atoms with Crippen molar-refractivity contribution < 1.29 is 8.60 Å². The summed E-state index contributed by atoms with van der Waals surface area (Å²) in [6, 6.07) is 3.88. The number of hydrogen-bond donors (Lipinski definition) is 1. The largest absolute Gasteiger partial charge is 0.327 e. The molecule has 0 spiro atoms. The third kappa shape index (κ3) is 3.00. The monoisotopic (exact) mass is 249 g/mol. The second-order valence-corrected chi connectivity index (χ2v) is 5.65. The lowest BCUT2D eigenvalue weighted by molar-refractivity contribution is 0.625. The Bertz CT molecular complexity index is 384. The molecule has 0 heterocycles. The summed E-state index contributed by atoms with van der Waals surface area (Å²) in [5, 5.41) is -0.204. The van der Waals surface area contributed by atoms with Crippen molar-refractivity contribution in [3.05, 3.63) is 29.0 Å². The summed E-state index contributed by atoms with van der Waals surface area (Å²) in [5.41, 5.74) is 5.64. The predicted octanol–water partition coefficient (Wildman–Crippen LogP) is 2.32. The molecule has 1 aromatic rings. The summed E-state index contributed by atoms with van der Waals surface area (Å²) in [6.45, 7) is 3.58. The molecular formula is C10H13ClFNOS. The van der Waals surface area contributed by atoms with E-state index in [4.69, 9.17) is 17.3 Å². The van der Waals surface area contributed by atoms with Crippen molar-refractivity contribution in [2.75, 3.05) is 0 Å². The van der Waals surface area contributed by atoms with Crippen LogP contribution in [0, 0.1) is 5.82 Å². The summed E-state index contributed by atoms with van der Waals surface area (Å²) >= 11 is 5.60. The maximum absolute atomic E-state index is 12.9. The topological polar surface area (TPSA) is 43.1 Å². The summed E-state index contributed by atoms with van der Waals surface area (Å²) in [6.07, 6.45) is 0. The zero-order valence-electron chi connectivity index (χ0n) is 8.54. The van der Waals surface area contributed by atoms with E-state index in [0.717, 1.165) is 0 Å². The minimum atomic E-state index is -1.25. The Hall–Kier alpha value is -0.450. The highest BCUT2D eigenvalue weighted by Crippen LogP contribution is 2.20. The van der Waals surface area contributed by atoms with Gasteiger partial charge in [-0.15, -0.1) is 0 Å². The molecule has 0 aliphatic carbocycles. The minimum absolute atomic E-state index is 0.0160. The number of benzene rings is 1. The van der Waals surface area contributed by atoms with Crippen molar-refractivity contribution in [3.8, 4) is 0 Å². The lowest BCUT2D eigenvalue weighted by Gasteiger charge is -2.15. The van der Waals surface area contributed by atoms with Crippen LogP contribution in [0.15, 0.2) is 23.1 Å². The summed E-state index contributed by atoms with van der Waals surface area (Å²) in [7, 11) is -1.25. The first-order valence-corrected chi connectivity index (χ1v) is 6.13. The van der Waals surface area contributed by atoms with Crippen LogP contribution in [0.2, 0.25) is 5.02 Å². The second kappa shape index (κ2) is 5.05. The van der Waals surface area contributed by atoms with Crippen molar-refractivity contribution >= 4 is 22.4 Å². The van der Waals surface area contributed by atoms with Crippen LogP contribution in [-0.4, -0.2) is 15.5 Å². The molecule has 0 saturated carbocycles. The molecule has 0 fully saturated rings. The van der Waals surface area contributed by atoms with E-state index in [0.29, 0.717) is 4.90 Å². The number of nitrogens with two attached hydrogens (primary N) is 1. The van der Waals surface area contributed by atoms with Gasteiger partial charge < -0.3 is 5.73 Å². The van der Waals surface area contributed by atoms with Gasteiger partial charge in [0.15, 0.2) is 0 Å². The Morgan fingerprint density at radius 1 is 1.47 bits per heavy atom. The van der Waals surface area contributed by atoms with Crippen molar-refractivity contribution in [2.45, 2.75) is 30.0 Å². The molecule has 5 heteroatoms. The maximum atomic E-state index is 12.9. The van der Waals surface area contributed by atoms with Crippen molar-refractivity contribution in [1.29, 1.82) is 0 Å². The van der Waals surface area contributed by atoms with Crippen LogP contribution in [0.1, 0.15) is 13.8 Å². The van der Waals surface area contributed by atoms with Gasteiger partial charge in [-0.25, -0.2) is 4.39 Å². The lowest BCUT2D eigenvalue weighted by Crippen LogP contribution is -2.32. The fraction of sp³-hybridized carbons (Fsp3) is 0.400. The highest BCUT2D eigenvalue weighted by molar-refractivity contribution is 7.85. The van der Waals surface area contributed by atoms with Gasteiger partial charge in [0.1, 0.15) is 5.82 Å². The number of hydrogen-bond acceptors (Lipinski definition) is 2. The summed E-state index contributed by atoms with van der Waals surface area (Å²) < 4.78 is 24.8. The molecule has 0 aliphatic heterocycles. The highest BCUT2D eigenvalue weighted by Gasteiger charge is 2.18. The zero-order chi connectivity index (χ0) is 11.6. The third-order valence-electron chi connectivity index (χ3n) is 2.20. The molecule has 0 aliphatic rings. The number of rotatable bonds is 3. The smallest absolute Gasteiger partial charge is 0.141 e. The van der Waals surface area contributed by atoms with E-state index < -0.39 is 16.6 Å². The Kier molecular flexibility index (Phi) is 4.25. The lowest BCUT2D eigenvalue weighted by atomic mass is 10.3. The predicted molar refractivity (Wildman–Crippen MR) is 60.9 cm³/mol. The second-order valence-electron chi connectivity index (χ2n) is 3.44. The summed E-state index contributed by atoms with van der Waals surface area (Å²) in [5.74, 6) is -0.508. The van der Waals surface area contributed by atoms with E-state index in [1.807, 2.05) is 0 Å². The van der Waals surface area contributed by atoms with Gasteiger partial charge in [0.25, 0.3) is 0 Å². The molecule has 84 valence electrons. The first-order chi connectivity index (χ1) is 6.93. The molecule has 0 aromatic heterocycles. The van der Waals surface area contributed by atoms with Gasteiger partial charge in [0, 0.05) is 10.9 Å². The van der Waals surface area contributed by atoms with E-state index in [2.05, 4.69) is 0 Å². The minimum Gasteiger partial charge on any atom is -0.327 e. The van der Waals surface area contributed by atoms with Gasteiger partial charge in [-0.2, -0.15) is 0 Å². The van der Waals surface area contributed by atoms with Crippen molar-refractivity contribution in [1.82, 2.24) is 0 Å². The van der Waals surface area contributed by atoms with E-state index in [1.54, 1.807) is 13.8 Å². The van der Waals surface area contributed by atoms with Crippen LogP contribution in [-0.2, 0) is 10.8 Å². The fourth-order valence-corrected chi connectivity index (χ4v) is 2.51. The zero-order valence-corrected chi connectivity index (χ0v) is 10.1. The molecule has 0 radical (unpaired) electrons. The average molecular weight is 250 g/mol. The van der Waals surface area contributed by atoms with Gasteiger partial charge in [-0.05, 0) is 32.0 Å². The van der Waals surface area contributed by atoms with E-state index >= 15 is 0 Å². The Labute approximate surface area is 96.1 Å². The number of halogens is 2. The molecule has 3 atom stereocenters. The van der Waals surface area contributed by atoms with Gasteiger partial charge in [0.2, 0.25) is 0 Å². The van der Waals surface area contributed by atoms with Crippen molar-refractivity contribution in [3.63, 3.8) is 0 Å². The van der Waals surface area contributed by atoms with Gasteiger partial charge >= 0.3 is 0 Å². The molecule has 1 aromatic carbocycles. The normalized spacial score (nSPS) is 17.1. The van der Waals surface area contributed by atoms with Crippen LogP contribution >= 0.6 is 11.6 Å². The third-order valence-corrected chi connectivity index (χ3v) is 4.31. The Morgan fingerprint density at radius 3 is 2.53 bits per heavy atom. The molecule has 0 amide bonds. The van der Waals surface area contributed by atoms with Crippen LogP contribution in [0.25, 0.3) is 0 Å². The van der Waals surface area contributed by atoms with Crippen LogP contribution in [0.4, 0.5) is 4.39 Å². The van der Waals surface area contributed by atoms with Crippen LogP contribution < -0.4 is 5.73 Å². The Morgan fingerprint density at radius 2 is 2.07 bits per heavy atom. The quantitative estimate of drug-likeness (QED) is 0.894. The molecular weight excluding hydrogens is 237 g/mol. The highest BCUT2D eigenvalue weighted by atomic mass is 35.5. The van der Waals surface area contributed by atoms with Crippen LogP contribution in [0.3, 0.4) is 0 Å². The molecule has 3 unspecified atom stereocenters. The van der Waals surface area contributed by atoms with E-state index in [-0.39, 0.29) is 16.3 Å².